The van der Waals surface area contributed by atoms with Crippen molar-refractivity contribution in [1.82, 2.24) is 4.98 Å². The largest absolute Gasteiger partial charge is 0.455 e. The second-order valence-electron chi connectivity index (χ2n) is 6.02. The number of benzene rings is 3. The average Bonchev–Trinajstić information content (AvgIpc) is 2.69. The Kier molecular flexibility index (Phi) is 4.67. The first-order chi connectivity index (χ1) is 13.5. The van der Waals surface area contributed by atoms with Gasteiger partial charge in [0.1, 0.15) is 11.6 Å². The van der Waals surface area contributed by atoms with Crippen molar-refractivity contribution < 1.29 is 17.5 Å². The van der Waals surface area contributed by atoms with E-state index in [9.17, 15) is 12.8 Å². The van der Waals surface area contributed by atoms with Gasteiger partial charge in [0.25, 0.3) is 10.0 Å². The minimum Gasteiger partial charge on any atom is -0.455 e. The fourth-order valence-corrected chi connectivity index (χ4v) is 3.77. The van der Waals surface area contributed by atoms with E-state index in [0.29, 0.717) is 11.5 Å². The Morgan fingerprint density at radius 1 is 0.893 bits per heavy atom. The second-order valence-corrected chi connectivity index (χ2v) is 7.70. The van der Waals surface area contributed by atoms with Gasteiger partial charge in [-0.3, -0.25) is 9.71 Å². The van der Waals surface area contributed by atoms with Gasteiger partial charge in [0.15, 0.2) is 5.75 Å². The number of halogens is 1. The van der Waals surface area contributed by atoms with Crippen molar-refractivity contribution in [2.75, 3.05) is 4.72 Å². The zero-order valence-electron chi connectivity index (χ0n) is 14.5. The van der Waals surface area contributed by atoms with Gasteiger partial charge in [0, 0.05) is 11.6 Å². The van der Waals surface area contributed by atoms with Gasteiger partial charge < -0.3 is 4.74 Å². The molecule has 0 fully saturated rings. The maximum atomic E-state index is 13.1. The van der Waals surface area contributed by atoms with Crippen LogP contribution in [-0.2, 0) is 10.0 Å². The van der Waals surface area contributed by atoms with E-state index in [1.165, 1.54) is 12.1 Å². The first-order valence-corrected chi connectivity index (χ1v) is 9.90. The van der Waals surface area contributed by atoms with Gasteiger partial charge in [-0.2, -0.15) is 0 Å². The average molecular weight is 394 g/mol. The molecule has 0 aliphatic rings. The van der Waals surface area contributed by atoms with E-state index < -0.39 is 15.8 Å². The highest BCUT2D eigenvalue weighted by Crippen LogP contribution is 2.32. The maximum Gasteiger partial charge on any atom is 0.262 e. The summed E-state index contributed by atoms with van der Waals surface area (Å²) in [5.41, 5.74) is 1.11. The number of anilines is 1. The molecule has 7 heteroatoms. The third-order valence-electron chi connectivity index (χ3n) is 4.06. The van der Waals surface area contributed by atoms with Crippen molar-refractivity contribution in [2.45, 2.75) is 4.90 Å². The smallest absolute Gasteiger partial charge is 0.262 e. The third-order valence-corrected chi connectivity index (χ3v) is 5.44. The molecule has 0 radical (unpaired) electrons. The summed E-state index contributed by atoms with van der Waals surface area (Å²) in [6.07, 6.45) is 1.71. The number of rotatable bonds is 5. The number of fused-ring (bicyclic) bond motifs is 1. The van der Waals surface area contributed by atoms with Crippen LogP contribution in [0, 0.1) is 5.82 Å². The molecule has 0 saturated carbocycles. The topological polar surface area (TPSA) is 68.3 Å². The number of nitrogens with one attached hydrogen (secondary N) is 1. The number of hydrogen-bond donors (Lipinski definition) is 1. The standard InChI is InChI=1S/C21H15FN2O3S/c22-16-7-10-18(11-8-16)28(25,26)24-20-5-1-2-6-21(20)27-17-9-12-19-15(14-17)4-3-13-23-19/h1-14,24H. The van der Waals surface area contributed by atoms with Crippen LogP contribution in [0.2, 0.25) is 0 Å². The maximum absolute atomic E-state index is 13.1. The Morgan fingerprint density at radius 3 is 2.50 bits per heavy atom. The molecule has 1 aromatic heterocycles. The first-order valence-electron chi connectivity index (χ1n) is 8.41. The lowest BCUT2D eigenvalue weighted by Gasteiger charge is -2.14. The van der Waals surface area contributed by atoms with Crippen LogP contribution in [0.1, 0.15) is 0 Å². The highest BCUT2D eigenvalue weighted by molar-refractivity contribution is 7.92. The summed E-state index contributed by atoms with van der Waals surface area (Å²) in [4.78, 5) is 4.22. The van der Waals surface area contributed by atoms with Gasteiger partial charge in [-0.15, -0.1) is 0 Å². The van der Waals surface area contributed by atoms with Crippen LogP contribution in [0.15, 0.2) is 90.0 Å². The summed E-state index contributed by atoms with van der Waals surface area (Å²) >= 11 is 0. The predicted octanol–water partition coefficient (Wildman–Crippen LogP) is 4.97. The molecule has 4 aromatic rings. The molecule has 0 aliphatic heterocycles. The minimum absolute atomic E-state index is 0.0412. The van der Waals surface area contributed by atoms with Crippen LogP contribution in [0.5, 0.6) is 11.5 Å². The van der Waals surface area contributed by atoms with E-state index >= 15 is 0 Å². The Labute approximate surface area is 161 Å². The normalized spacial score (nSPS) is 11.3. The lowest BCUT2D eigenvalue weighted by atomic mass is 10.2. The quantitative estimate of drug-likeness (QED) is 0.519. The van der Waals surface area contributed by atoms with E-state index in [1.807, 2.05) is 24.3 Å². The summed E-state index contributed by atoms with van der Waals surface area (Å²) in [6, 6.07) is 20.5. The van der Waals surface area contributed by atoms with E-state index in [0.717, 1.165) is 23.0 Å². The SMILES string of the molecule is O=S(=O)(Nc1ccccc1Oc1ccc2ncccc2c1)c1ccc(F)cc1. The number of ether oxygens (including phenoxy) is 1. The van der Waals surface area contributed by atoms with Crippen molar-refractivity contribution in [2.24, 2.45) is 0 Å². The molecule has 5 nitrogen and oxygen atoms in total. The molecule has 1 N–H and O–H groups in total. The van der Waals surface area contributed by atoms with Crippen LogP contribution in [-0.4, -0.2) is 13.4 Å². The van der Waals surface area contributed by atoms with Crippen molar-refractivity contribution in [1.29, 1.82) is 0 Å². The molecule has 28 heavy (non-hydrogen) atoms. The van der Waals surface area contributed by atoms with Gasteiger partial charge in [0.05, 0.1) is 16.1 Å². The van der Waals surface area contributed by atoms with Crippen molar-refractivity contribution >= 4 is 26.6 Å². The van der Waals surface area contributed by atoms with Gasteiger partial charge in [0.2, 0.25) is 0 Å². The van der Waals surface area contributed by atoms with Gasteiger partial charge in [-0.05, 0) is 60.7 Å². The molecule has 0 saturated heterocycles. The number of aromatic nitrogens is 1. The van der Waals surface area contributed by atoms with Crippen LogP contribution in [0.3, 0.4) is 0 Å². The van der Waals surface area contributed by atoms with Crippen LogP contribution in [0.25, 0.3) is 10.9 Å². The van der Waals surface area contributed by atoms with E-state index in [-0.39, 0.29) is 10.6 Å². The van der Waals surface area contributed by atoms with Gasteiger partial charge in [-0.25, -0.2) is 12.8 Å². The fraction of sp³-hybridized carbons (Fsp3) is 0. The Morgan fingerprint density at radius 2 is 1.68 bits per heavy atom. The second kappa shape index (κ2) is 7.28. The number of nitrogens with zero attached hydrogens (tertiary/aromatic N) is 1. The minimum atomic E-state index is -3.89. The predicted molar refractivity (Wildman–Crippen MR) is 105 cm³/mol. The summed E-state index contributed by atoms with van der Waals surface area (Å²) < 4.78 is 46.7. The number of hydrogen-bond acceptors (Lipinski definition) is 4. The molecular formula is C21H15FN2O3S. The molecule has 3 aromatic carbocycles. The van der Waals surface area contributed by atoms with Crippen LogP contribution < -0.4 is 9.46 Å². The van der Waals surface area contributed by atoms with E-state index in [2.05, 4.69) is 9.71 Å². The fourth-order valence-electron chi connectivity index (χ4n) is 2.70. The zero-order valence-corrected chi connectivity index (χ0v) is 15.4. The molecule has 140 valence electrons. The number of para-hydroxylation sites is 2. The molecule has 0 spiro atoms. The molecule has 0 amide bonds. The van der Waals surface area contributed by atoms with Crippen molar-refractivity contribution in [3.63, 3.8) is 0 Å². The van der Waals surface area contributed by atoms with E-state index in [4.69, 9.17) is 4.74 Å². The summed E-state index contributed by atoms with van der Waals surface area (Å²) in [5.74, 6) is 0.388. The number of sulfonamides is 1. The van der Waals surface area contributed by atoms with E-state index in [1.54, 1.807) is 36.5 Å². The molecule has 4 rings (SSSR count). The highest BCUT2D eigenvalue weighted by Gasteiger charge is 2.17. The van der Waals surface area contributed by atoms with Crippen LogP contribution >= 0.6 is 0 Å². The number of pyridine rings is 1. The van der Waals surface area contributed by atoms with Gasteiger partial charge >= 0.3 is 0 Å². The molecule has 1 heterocycles. The van der Waals surface area contributed by atoms with Crippen LogP contribution in [0.4, 0.5) is 10.1 Å². The van der Waals surface area contributed by atoms with Crippen molar-refractivity contribution in [3.8, 4) is 11.5 Å². The summed E-state index contributed by atoms with van der Waals surface area (Å²) in [6.45, 7) is 0. The molecule has 0 aliphatic carbocycles. The first kappa shape index (κ1) is 17.9. The molecule has 0 atom stereocenters. The van der Waals surface area contributed by atoms with Crippen molar-refractivity contribution in [3.05, 3.63) is 90.9 Å². The summed E-state index contributed by atoms with van der Waals surface area (Å²) in [5, 5.41) is 0.907. The zero-order chi connectivity index (χ0) is 19.6. The lowest BCUT2D eigenvalue weighted by molar-refractivity contribution is 0.485. The monoisotopic (exact) mass is 394 g/mol. The summed E-state index contributed by atoms with van der Waals surface area (Å²) in [7, 11) is -3.89. The van der Waals surface area contributed by atoms with Gasteiger partial charge in [-0.1, -0.05) is 18.2 Å². The third kappa shape index (κ3) is 3.79. The Hall–Kier alpha value is -3.45. The molecule has 0 unspecified atom stereocenters. The highest BCUT2D eigenvalue weighted by atomic mass is 32.2. The molecular weight excluding hydrogens is 379 g/mol. The molecule has 0 bridgehead atoms. The lowest BCUT2D eigenvalue weighted by Crippen LogP contribution is -2.13. The Bertz CT molecular complexity index is 1240. The Balaban J connectivity index is 1.63.